The van der Waals surface area contributed by atoms with Crippen molar-refractivity contribution in [3.05, 3.63) is 58.1 Å². The highest BCUT2D eigenvalue weighted by Gasteiger charge is 2.18. The zero-order valence-electron chi connectivity index (χ0n) is 12.2. The van der Waals surface area contributed by atoms with Crippen LogP contribution in [0.5, 0.6) is 11.5 Å². The van der Waals surface area contributed by atoms with Crippen molar-refractivity contribution >= 4 is 11.6 Å². The van der Waals surface area contributed by atoms with Crippen LogP contribution in [0, 0.1) is 6.92 Å². The third-order valence-electron chi connectivity index (χ3n) is 3.75. The Morgan fingerprint density at radius 3 is 2.86 bits per heavy atom. The van der Waals surface area contributed by atoms with Crippen molar-refractivity contribution in [1.29, 1.82) is 0 Å². The molecular formula is C17H18ClNO2. The molecule has 2 aromatic carbocycles. The Hall–Kier alpha value is -1.71. The molecule has 1 atom stereocenters. The van der Waals surface area contributed by atoms with Gasteiger partial charge in [0.1, 0.15) is 0 Å². The Morgan fingerprint density at radius 1 is 1.24 bits per heavy atom. The molecule has 0 aromatic heterocycles. The van der Waals surface area contributed by atoms with Crippen molar-refractivity contribution in [3.63, 3.8) is 0 Å². The monoisotopic (exact) mass is 303 g/mol. The molecule has 3 rings (SSSR count). The maximum atomic E-state index is 6.20. The lowest BCUT2D eigenvalue weighted by atomic mass is 10.0. The Balaban J connectivity index is 1.71. The second kappa shape index (κ2) is 5.96. The lowest BCUT2D eigenvalue weighted by Crippen LogP contribution is -2.18. The fourth-order valence-corrected chi connectivity index (χ4v) is 2.86. The van der Waals surface area contributed by atoms with Crippen molar-refractivity contribution < 1.29 is 9.47 Å². The Bertz CT molecular complexity index is 657. The van der Waals surface area contributed by atoms with Gasteiger partial charge in [-0.3, -0.25) is 0 Å². The van der Waals surface area contributed by atoms with Crippen LogP contribution < -0.4 is 14.8 Å². The van der Waals surface area contributed by atoms with E-state index in [1.165, 1.54) is 11.1 Å². The van der Waals surface area contributed by atoms with Crippen LogP contribution in [0.15, 0.2) is 36.4 Å². The molecule has 1 aliphatic heterocycles. The smallest absolute Gasteiger partial charge is 0.231 e. The van der Waals surface area contributed by atoms with Crippen molar-refractivity contribution in [2.24, 2.45) is 0 Å². The topological polar surface area (TPSA) is 30.5 Å². The largest absolute Gasteiger partial charge is 0.454 e. The summed E-state index contributed by atoms with van der Waals surface area (Å²) in [4.78, 5) is 0. The number of ether oxygens (including phenoxy) is 2. The fourth-order valence-electron chi connectivity index (χ4n) is 2.58. The molecule has 0 amide bonds. The van der Waals surface area contributed by atoms with E-state index in [0.29, 0.717) is 10.8 Å². The van der Waals surface area contributed by atoms with E-state index >= 15 is 0 Å². The standard InChI is InChI=1S/C17H18ClNO2/c1-11-5-3-4-6-14(11)12(2)19-9-13-7-15(18)17-16(8-13)20-10-21-17/h3-8,12,19H,9-10H2,1-2H3. The molecule has 3 nitrogen and oxygen atoms in total. The van der Waals surface area contributed by atoms with Crippen molar-refractivity contribution in [2.45, 2.75) is 26.4 Å². The highest BCUT2D eigenvalue weighted by molar-refractivity contribution is 6.32. The predicted molar refractivity (Wildman–Crippen MR) is 84.0 cm³/mol. The summed E-state index contributed by atoms with van der Waals surface area (Å²) in [5.74, 6) is 1.37. The van der Waals surface area contributed by atoms with Gasteiger partial charge in [-0.25, -0.2) is 0 Å². The molecule has 2 aromatic rings. The minimum atomic E-state index is 0.242. The van der Waals surface area contributed by atoms with Gasteiger partial charge in [0.2, 0.25) is 6.79 Å². The van der Waals surface area contributed by atoms with Crippen LogP contribution in [0.4, 0.5) is 0 Å². The predicted octanol–water partition coefficient (Wildman–Crippen LogP) is 4.23. The van der Waals surface area contributed by atoms with Crippen LogP contribution in [-0.4, -0.2) is 6.79 Å². The minimum Gasteiger partial charge on any atom is -0.454 e. The van der Waals surface area contributed by atoms with Crippen LogP contribution in [-0.2, 0) is 6.54 Å². The molecule has 1 N–H and O–H groups in total. The molecule has 0 fully saturated rings. The number of hydrogen-bond donors (Lipinski definition) is 1. The average molecular weight is 304 g/mol. The summed E-state index contributed by atoms with van der Waals surface area (Å²) in [5.41, 5.74) is 3.69. The van der Waals surface area contributed by atoms with E-state index in [0.717, 1.165) is 17.9 Å². The summed E-state index contributed by atoms with van der Waals surface area (Å²) >= 11 is 6.20. The summed E-state index contributed by atoms with van der Waals surface area (Å²) < 4.78 is 10.7. The van der Waals surface area contributed by atoms with Crippen LogP contribution in [0.1, 0.15) is 29.7 Å². The van der Waals surface area contributed by atoms with E-state index in [9.17, 15) is 0 Å². The number of hydrogen-bond acceptors (Lipinski definition) is 3. The van der Waals surface area contributed by atoms with Gasteiger partial charge >= 0.3 is 0 Å². The number of nitrogens with one attached hydrogen (secondary N) is 1. The van der Waals surface area contributed by atoms with Gasteiger partial charge in [-0.2, -0.15) is 0 Å². The van der Waals surface area contributed by atoms with Gasteiger partial charge in [0.25, 0.3) is 0 Å². The van der Waals surface area contributed by atoms with Crippen LogP contribution >= 0.6 is 11.6 Å². The summed E-state index contributed by atoms with van der Waals surface area (Å²) in [5, 5.41) is 4.12. The molecule has 0 bridgehead atoms. The van der Waals surface area contributed by atoms with Gasteiger partial charge in [0.05, 0.1) is 5.02 Å². The molecule has 0 aliphatic carbocycles. The molecule has 0 saturated carbocycles. The van der Waals surface area contributed by atoms with Gasteiger partial charge in [0, 0.05) is 12.6 Å². The number of rotatable bonds is 4. The maximum absolute atomic E-state index is 6.20. The first kappa shape index (κ1) is 14.2. The van der Waals surface area contributed by atoms with Crippen molar-refractivity contribution in [2.75, 3.05) is 6.79 Å². The molecule has 110 valence electrons. The molecule has 1 aliphatic rings. The number of fused-ring (bicyclic) bond motifs is 1. The molecule has 0 radical (unpaired) electrons. The maximum Gasteiger partial charge on any atom is 0.231 e. The van der Waals surface area contributed by atoms with Crippen LogP contribution in [0.2, 0.25) is 5.02 Å². The Labute approximate surface area is 129 Å². The first-order valence-electron chi connectivity index (χ1n) is 7.02. The fraction of sp³-hybridized carbons (Fsp3) is 0.294. The molecule has 1 unspecified atom stereocenters. The van der Waals surface area contributed by atoms with Crippen molar-refractivity contribution in [3.8, 4) is 11.5 Å². The summed E-state index contributed by atoms with van der Waals surface area (Å²) in [7, 11) is 0. The van der Waals surface area contributed by atoms with E-state index in [1.807, 2.05) is 12.1 Å². The first-order chi connectivity index (χ1) is 10.1. The van der Waals surface area contributed by atoms with Crippen LogP contribution in [0.3, 0.4) is 0 Å². The van der Waals surface area contributed by atoms with Gasteiger partial charge < -0.3 is 14.8 Å². The van der Waals surface area contributed by atoms with Crippen LogP contribution in [0.25, 0.3) is 0 Å². The molecule has 21 heavy (non-hydrogen) atoms. The second-order valence-corrected chi connectivity index (χ2v) is 5.68. The summed E-state index contributed by atoms with van der Waals surface area (Å²) in [6.07, 6.45) is 0. The zero-order valence-corrected chi connectivity index (χ0v) is 12.9. The lowest BCUT2D eigenvalue weighted by Gasteiger charge is -2.17. The molecular weight excluding hydrogens is 286 g/mol. The lowest BCUT2D eigenvalue weighted by molar-refractivity contribution is 0.174. The first-order valence-corrected chi connectivity index (χ1v) is 7.40. The minimum absolute atomic E-state index is 0.242. The van der Waals surface area contributed by atoms with E-state index < -0.39 is 0 Å². The van der Waals surface area contributed by atoms with Gasteiger partial charge in [-0.05, 0) is 42.7 Å². The summed E-state index contributed by atoms with van der Waals surface area (Å²) in [6, 6.07) is 12.6. The third kappa shape index (κ3) is 2.99. The third-order valence-corrected chi connectivity index (χ3v) is 4.04. The van der Waals surface area contributed by atoms with Crippen molar-refractivity contribution in [1.82, 2.24) is 5.32 Å². The van der Waals surface area contributed by atoms with E-state index in [-0.39, 0.29) is 12.8 Å². The van der Waals surface area contributed by atoms with E-state index in [4.69, 9.17) is 21.1 Å². The SMILES string of the molecule is Cc1ccccc1C(C)NCc1cc(Cl)c2c(c1)OCO2. The average Bonchev–Trinajstić information content (AvgIpc) is 2.94. The quantitative estimate of drug-likeness (QED) is 0.917. The molecule has 0 saturated heterocycles. The molecule has 1 heterocycles. The number of aryl methyl sites for hydroxylation is 1. The van der Waals surface area contributed by atoms with Gasteiger partial charge in [-0.15, -0.1) is 0 Å². The Morgan fingerprint density at radius 2 is 2.05 bits per heavy atom. The summed E-state index contributed by atoms with van der Waals surface area (Å²) in [6.45, 7) is 5.26. The number of halogens is 1. The number of benzene rings is 2. The van der Waals surface area contributed by atoms with Gasteiger partial charge in [-0.1, -0.05) is 35.9 Å². The highest BCUT2D eigenvalue weighted by Crippen LogP contribution is 2.39. The second-order valence-electron chi connectivity index (χ2n) is 5.27. The van der Waals surface area contributed by atoms with Gasteiger partial charge in [0.15, 0.2) is 11.5 Å². The highest BCUT2D eigenvalue weighted by atomic mass is 35.5. The normalized spacial score (nSPS) is 14.2. The molecule has 0 spiro atoms. The van der Waals surface area contributed by atoms with E-state index in [2.05, 4.69) is 43.4 Å². The zero-order chi connectivity index (χ0) is 14.8. The Kier molecular flexibility index (Phi) is 4.04. The van der Waals surface area contributed by atoms with E-state index in [1.54, 1.807) is 0 Å². The molecule has 4 heteroatoms.